The third-order valence-corrected chi connectivity index (χ3v) is 6.27. The summed E-state index contributed by atoms with van der Waals surface area (Å²) in [5.41, 5.74) is 3.53. The molecule has 0 radical (unpaired) electrons. The average Bonchev–Trinajstić information content (AvgIpc) is 3.29. The molecule has 0 N–H and O–H groups in total. The molecule has 0 saturated carbocycles. The van der Waals surface area contributed by atoms with Gasteiger partial charge < -0.3 is 4.90 Å². The fraction of sp³-hybridized carbons (Fsp3) is 0.316. The number of benzene rings is 1. The van der Waals surface area contributed by atoms with Crippen LogP contribution < -0.4 is 10.5 Å². The van der Waals surface area contributed by atoms with Crippen LogP contribution in [0.1, 0.15) is 24.7 Å². The van der Waals surface area contributed by atoms with Crippen molar-refractivity contribution in [3.05, 3.63) is 57.5 Å². The molecule has 4 heterocycles. The summed E-state index contributed by atoms with van der Waals surface area (Å²) in [6.07, 6.45) is 2.23. The lowest BCUT2D eigenvalue weighted by molar-refractivity contribution is 0.551. The van der Waals surface area contributed by atoms with Gasteiger partial charge in [0.25, 0.3) is 5.56 Å². The molecule has 7 heteroatoms. The fourth-order valence-electron chi connectivity index (χ4n) is 3.91. The van der Waals surface area contributed by atoms with Crippen LogP contribution in [0.5, 0.6) is 0 Å². The van der Waals surface area contributed by atoms with Gasteiger partial charge in [0.1, 0.15) is 4.70 Å². The zero-order chi connectivity index (χ0) is 17.8. The maximum absolute atomic E-state index is 12.5. The molecule has 6 nitrogen and oxygen atoms in total. The van der Waals surface area contributed by atoms with E-state index in [0.717, 1.165) is 28.9 Å². The lowest BCUT2D eigenvalue weighted by atomic mass is 9.97. The highest BCUT2D eigenvalue weighted by molar-refractivity contribution is 7.17. The number of fused-ring (bicyclic) bond motifs is 4. The Hall–Kier alpha value is -2.67. The summed E-state index contributed by atoms with van der Waals surface area (Å²) in [7, 11) is 1.76. The molecule has 0 spiro atoms. The molecule has 0 aliphatic carbocycles. The highest BCUT2D eigenvalue weighted by Crippen LogP contribution is 2.32. The van der Waals surface area contributed by atoms with Crippen LogP contribution in [0.25, 0.3) is 16.0 Å². The number of para-hydroxylation sites is 1. The zero-order valence-corrected chi connectivity index (χ0v) is 15.5. The van der Waals surface area contributed by atoms with E-state index in [1.807, 2.05) is 15.8 Å². The number of thiophene rings is 1. The predicted octanol–water partition coefficient (Wildman–Crippen LogP) is 2.98. The maximum Gasteiger partial charge on any atom is 0.272 e. The summed E-state index contributed by atoms with van der Waals surface area (Å²) >= 11 is 1.47. The zero-order valence-electron chi connectivity index (χ0n) is 14.7. The van der Waals surface area contributed by atoms with E-state index in [2.05, 4.69) is 46.3 Å². The summed E-state index contributed by atoms with van der Waals surface area (Å²) in [6.45, 7) is 2.93. The van der Waals surface area contributed by atoms with Gasteiger partial charge in [-0.15, -0.1) is 21.5 Å². The SMILES string of the molecule is CC1CCc2ccccc2N1Cc1nnc2n(C)c(=O)c3sccc3n12. The van der Waals surface area contributed by atoms with Crippen molar-refractivity contribution in [2.75, 3.05) is 4.90 Å². The monoisotopic (exact) mass is 365 g/mol. The molecule has 26 heavy (non-hydrogen) atoms. The van der Waals surface area contributed by atoms with Gasteiger partial charge in [-0.05, 0) is 42.8 Å². The lowest BCUT2D eigenvalue weighted by Crippen LogP contribution is -2.37. The molecular formula is C19H19N5OS. The first-order chi connectivity index (χ1) is 12.6. The van der Waals surface area contributed by atoms with Gasteiger partial charge in [0.15, 0.2) is 5.82 Å². The predicted molar refractivity (Wildman–Crippen MR) is 104 cm³/mol. The second-order valence-corrected chi connectivity index (χ2v) is 7.81. The van der Waals surface area contributed by atoms with Crippen LogP contribution in [0.2, 0.25) is 0 Å². The quantitative estimate of drug-likeness (QED) is 0.548. The standard InChI is InChI=1S/C19H19N5OS/c1-12-7-8-13-5-3-4-6-14(13)23(12)11-16-20-21-19-22(2)18(25)17-15(24(16)19)9-10-26-17/h3-6,9-10,12H,7-8,11H2,1-2H3. The van der Waals surface area contributed by atoms with Gasteiger partial charge in [0.05, 0.1) is 12.1 Å². The van der Waals surface area contributed by atoms with E-state index >= 15 is 0 Å². The molecule has 1 aliphatic heterocycles. The smallest absolute Gasteiger partial charge is 0.272 e. The number of hydrogen-bond acceptors (Lipinski definition) is 5. The van der Waals surface area contributed by atoms with Crippen LogP contribution in [0, 0.1) is 0 Å². The first-order valence-corrected chi connectivity index (χ1v) is 9.68. The molecule has 0 amide bonds. The number of aromatic nitrogens is 4. The molecule has 132 valence electrons. The second-order valence-electron chi connectivity index (χ2n) is 6.90. The van der Waals surface area contributed by atoms with E-state index in [-0.39, 0.29) is 5.56 Å². The third kappa shape index (κ3) is 2.13. The Morgan fingerprint density at radius 2 is 2.08 bits per heavy atom. The van der Waals surface area contributed by atoms with Crippen LogP contribution in [0.15, 0.2) is 40.5 Å². The minimum atomic E-state index is -0.0156. The average molecular weight is 365 g/mol. The van der Waals surface area contributed by atoms with Crippen LogP contribution in [0.3, 0.4) is 0 Å². The number of rotatable bonds is 2. The number of aryl methyl sites for hydroxylation is 2. The Morgan fingerprint density at radius 3 is 2.96 bits per heavy atom. The first kappa shape index (κ1) is 15.6. The molecule has 0 fully saturated rings. The van der Waals surface area contributed by atoms with E-state index in [1.165, 1.54) is 22.6 Å². The topological polar surface area (TPSA) is 55.4 Å². The second kappa shape index (κ2) is 5.67. The molecule has 0 bridgehead atoms. The fourth-order valence-corrected chi connectivity index (χ4v) is 4.76. The molecule has 1 atom stereocenters. The number of hydrogen-bond donors (Lipinski definition) is 0. The summed E-state index contributed by atoms with van der Waals surface area (Å²) in [5.74, 6) is 1.46. The molecule has 3 aromatic heterocycles. The lowest BCUT2D eigenvalue weighted by Gasteiger charge is -2.36. The van der Waals surface area contributed by atoms with Crippen LogP contribution >= 0.6 is 11.3 Å². The van der Waals surface area contributed by atoms with E-state index in [1.54, 1.807) is 11.6 Å². The summed E-state index contributed by atoms with van der Waals surface area (Å²) < 4.78 is 4.35. The van der Waals surface area contributed by atoms with Gasteiger partial charge in [-0.25, -0.2) is 0 Å². The summed E-state index contributed by atoms with van der Waals surface area (Å²) in [6, 6.07) is 11.0. The van der Waals surface area contributed by atoms with E-state index in [9.17, 15) is 4.79 Å². The van der Waals surface area contributed by atoms with E-state index in [4.69, 9.17) is 0 Å². The minimum absolute atomic E-state index is 0.0156. The Balaban J connectivity index is 1.69. The number of anilines is 1. The van der Waals surface area contributed by atoms with Gasteiger partial charge >= 0.3 is 0 Å². The van der Waals surface area contributed by atoms with Gasteiger partial charge in [-0.3, -0.25) is 13.8 Å². The van der Waals surface area contributed by atoms with Crippen molar-refractivity contribution in [2.45, 2.75) is 32.4 Å². The Bertz CT molecular complexity index is 1190. The molecule has 5 rings (SSSR count). The van der Waals surface area contributed by atoms with Crippen LogP contribution in [-0.2, 0) is 20.0 Å². The van der Waals surface area contributed by atoms with Crippen molar-refractivity contribution in [2.24, 2.45) is 7.05 Å². The van der Waals surface area contributed by atoms with Crippen molar-refractivity contribution in [3.63, 3.8) is 0 Å². The van der Waals surface area contributed by atoms with Crippen molar-refractivity contribution >= 4 is 33.0 Å². The Labute approximate surface area is 154 Å². The van der Waals surface area contributed by atoms with E-state index < -0.39 is 0 Å². The molecule has 1 aliphatic rings. The maximum atomic E-state index is 12.5. The largest absolute Gasteiger partial charge is 0.361 e. The third-order valence-electron chi connectivity index (χ3n) is 5.37. The molecule has 1 aromatic carbocycles. The number of nitrogens with zero attached hydrogens (tertiary/aromatic N) is 5. The van der Waals surface area contributed by atoms with Gasteiger partial charge in [0, 0.05) is 18.8 Å². The van der Waals surface area contributed by atoms with Crippen molar-refractivity contribution in [1.29, 1.82) is 0 Å². The minimum Gasteiger partial charge on any atom is -0.361 e. The van der Waals surface area contributed by atoms with Gasteiger partial charge in [0.2, 0.25) is 5.78 Å². The first-order valence-electron chi connectivity index (χ1n) is 8.80. The summed E-state index contributed by atoms with van der Waals surface area (Å²) in [5, 5.41) is 10.7. The van der Waals surface area contributed by atoms with E-state index in [0.29, 0.717) is 18.4 Å². The Kier molecular flexibility index (Phi) is 3.40. The normalized spacial score (nSPS) is 17.2. The molecule has 0 saturated heterocycles. The van der Waals surface area contributed by atoms with Crippen LogP contribution in [-0.4, -0.2) is 25.2 Å². The van der Waals surface area contributed by atoms with Crippen molar-refractivity contribution < 1.29 is 0 Å². The molecule has 1 unspecified atom stereocenters. The van der Waals surface area contributed by atoms with Crippen molar-refractivity contribution in [3.8, 4) is 0 Å². The summed E-state index contributed by atoms with van der Waals surface area (Å²) in [4.78, 5) is 14.9. The van der Waals surface area contributed by atoms with Crippen LogP contribution in [0.4, 0.5) is 5.69 Å². The Morgan fingerprint density at radius 1 is 1.23 bits per heavy atom. The highest BCUT2D eigenvalue weighted by Gasteiger charge is 2.25. The van der Waals surface area contributed by atoms with Gasteiger partial charge in [-0.2, -0.15) is 0 Å². The van der Waals surface area contributed by atoms with Crippen molar-refractivity contribution in [1.82, 2.24) is 19.2 Å². The molecular weight excluding hydrogens is 346 g/mol. The van der Waals surface area contributed by atoms with Gasteiger partial charge in [-0.1, -0.05) is 18.2 Å². The highest BCUT2D eigenvalue weighted by atomic mass is 32.1. The molecule has 4 aromatic rings.